The van der Waals surface area contributed by atoms with Crippen molar-refractivity contribution >= 4 is 50.0 Å². The van der Waals surface area contributed by atoms with E-state index in [4.69, 9.17) is 37.9 Å². The van der Waals surface area contributed by atoms with Gasteiger partial charge >= 0.3 is 5.97 Å². The molecule has 3 heterocycles. The van der Waals surface area contributed by atoms with Gasteiger partial charge in [0.05, 0.1) is 58.6 Å². The second-order valence-corrected chi connectivity index (χ2v) is 23.7. The quantitative estimate of drug-likeness (QED) is 0.0840. The van der Waals surface area contributed by atoms with Crippen molar-refractivity contribution in [3.63, 3.8) is 0 Å². The molecule has 3 aliphatic heterocycles. The molecule has 21 heteroatoms. The number of aliphatic hydroxyl groups excluding tert-OH is 2. The summed E-state index contributed by atoms with van der Waals surface area (Å²) in [5.74, 6) is -4.24. The number of carbonyl (C=O) groups excluding carboxylic acids is 2. The summed E-state index contributed by atoms with van der Waals surface area (Å²) in [6, 6.07) is 4.73. The molecule has 5 N–H and O–H groups in total. The largest absolute Gasteiger partial charge is 0.448 e. The molecule has 70 heavy (non-hydrogen) atoms. The first-order chi connectivity index (χ1) is 32.5. The molecule has 0 aliphatic carbocycles. The lowest BCUT2D eigenvalue weighted by Gasteiger charge is -2.49. The van der Waals surface area contributed by atoms with E-state index in [0.29, 0.717) is 24.9 Å². The summed E-state index contributed by atoms with van der Waals surface area (Å²) in [4.78, 5) is 29.8. The Balaban J connectivity index is 1.64. The molecule has 0 saturated carbocycles. The van der Waals surface area contributed by atoms with Crippen molar-refractivity contribution in [2.45, 2.75) is 188 Å². The lowest BCUT2D eigenvalue weighted by atomic mass is 9.74. The number of benzene rings is 1. The predicted octanol–water partition coefficient (Wildman–Crippen LogP) is 4.91. The van der Waals surface area contributed by atoms with Gasteiger partial charge in [0, 0.05) is 77.0 Å². The second-order valence-electron chi connectivity index (χ2n) is 20.6. The fourth-order valence-electron chi connectivity index (χ4n) is 10.3. The normalized spacial score (nSPS) is 39.4. The van der Waals surface area contributed by atoms with E-state index in [-0.39, 0.29) is 42.0 Å². The van der Waals surface area contributed by atoms with Gasteiger partial charge in [-0.1, -0.05) is 32.9 Å². The number of methoxy groups -OCH3 is 3. The molecule has 402 valence electrons. The van der Waals surface area contributed by atoms with E-state index < -0.39 is 128 Å². The summed E-state index contributed by atoms with van der Waals surface area (Å²) >= 11 is 1.79. The minimum atomic E-state index is -3.45. The van der Waals surface area contributed by atoms with Gasteiger partial charge in [-0.2, -0.15) is 0 Å². The Hall–Kier alpha value is -2.00. The fourth-order valence-corrected chi connectivity index (χ4v) is 11.5. The van der Waals surface area contributed by atoms with Crippen LogP contribution in [0, 0.1) is 29.1 Å². The monoisotopic (exact) mass is 1130 g/mol. The highest BCUT2D eigenvalue weighted by molar-refractivity contribution is 14.1. The third kappa shape index (κ3) is 14.4. The van der Waals surface area contributed by atoms with Crippen LogP contribution in [0.4, 0.5) is 4.39 Å². The van der Waals surface area contributed by atoms with Crippen molar-refractivity contribution in [2.75, 3.05) is 47.9 Å². The van der Waals surface area contributed by atoms with E-state index in [9.17, 15) is 43.1 Å². The summed E-state index contributed by atoms with van der Waals surface area (Å²) < 4.78 is 87.6. The number of hydrogen-bond acceptors (Lipinski definition) is 17. The molecule has 3 aliphatic rings. The molecule has 3 fully saturated rings. The Bertz CT molecular complexity index is 2010. The van der Waals surface area contributed by atoms with Crippen molar-refractivity contribution in [3.8, 4) is 0 Å². The van der Waals surface area contributed by atoms with Crippen molar-refractivity contribution in [2.24, 2.45) is 23.7 Å². The van der Waals surface area contributed by atoms with Gasteiger partial charge in [0.1, 0.15) is 24.5 Å². The third-order valence-electron chi connectivity index (χ3n) is 15.0. The summed E-state index contributed by atoms with van der Waals surface area (Å²) in [6.07, 6.45) is -5.75. The second kappa shape index (κ2) is 25.0. The molecule has 0 bridgehead atoms. The number of cyclic esters (lactones) is 1. The van der Waals surface area contributed by atoms with Gasteiger partial charge in [-0.3, -0.25) is 9.59 Å². The lowest BCUT2D eigenvalue weighted by Crippen LogP contribution is -2.60. The van der Waals surface area contributed by atoms with Crippen molar-refractivity contribution in [1.82, 2.24) is 10.2 Å². The predicted molar refractivity (Wildman–Crippen MR) is 267 cm³/mol. The maximum Gasteiger partial charge on any atom is 0.312 e. The van der Waals surface area contributed by atoms with E-state index in [0.717, 1.165) is 6.26 Å². The van der Waals surface area contributed by atoms with Gasteiger partial charge in [-0.05, 0) is 108 Å². The number of aliphatic hydroxyl groups is 3. The molecule has 0 spiro atoms. The number of amides is 1. The number of rotatable bonds is 16. The number of halogens is 2. The number of esters is 1. The van der Waals surface area contributed by atoms with Crippen LogP contribution in [-0.4, -0.2) is 176 Å². The molecule has 18 nitrogen and oxygen atoms in total. The fraction of sp³-hybridized carbons (Fsp3) is 0.816. The van der Waals surface area contributed by atoms with E-state index in [1.807, 2.05) is 39.6 Å². The first-order valence-corrected chi connectivity index (χ1v) is 27.2. The minimum Gasteiger partial charge on any atom is -0.448 e. The topological polar surface area (TPSA) is 242 Å². The van der Waals surface area contributed by atoms with E-state index in [1.54, 1.807) is 69.5 Å². The molecule has 1 amide bonds. The van der Waals surface area contributed by atoms with Gasteiger partial charge in [0.15, 0.2) is 26.5 Å². The Kier molecular flexibility index (Phi) is 21.6. The van der Waals surface area contributed by atoms with Crippen molar-refractivity contribution in [3.05, 3.63) is 29.8 Å². The number of sulfone groups is 1. The summed E-state index contributed by atoms with van der Waals surface area (Å²) in [5, 5.41) is 46.2. The molecule has 19 atom stereocenters. The molecule has 1 aromatic rings. The number of carbonyl (C=O) groups is 2. The summed E-state index contributed by atoms with van der Waals surface area (Å²) in [5.41, 5.74) is -3.57. The van der Waals surface area contributed by atoms with Crippen LogP contribution in [0.3, 0.4) is 0 Å². The maximum atomic E-state index is 14.5. The standard InChI is InChI=1S/C49H81FIN3O15S/c1-26-23-48(8,64-13)44(29(4)40(67-38-24-47(7,63-12)43(57)31(6)66-38)30(5)45(58)69-46(51)49(9,59)42(56)28(3)39(26)52)68-37-22-33(21-27(2)65-37)54(10)20-19-36(55)53-35(25-50)41(62-11)32-15-17-34(18-16-32)70(14,60)61/h15-18,26-31,33,35,37-38,40-44,46,52,56-57,59H,19-25H2,1-14H3,(H,53,55)/t26-,27-,28+,29+,30-,31+,33+,35-,37+,38+,40+,41-,42-,43+,44-,46+,47-,48-,49+/m1/s1. The molecule has 0 radical (unpaired) electrons. The lowest BCUT2D eigenvalue weighted by molar-refractivity contribution is -0.309. The van der Waals surface area contributed by atoms with Crippen LogP contribution in [0.2, 0.25) is 0 Å². The van der Waals surface area contributed by atoms with Crippen LogP contribution < -0.4 is 5.32 Å². The van der Waals surface area contributed by atoms with Crippen LogP contribution in [0.5, 0.6) is 0 Å². The number of nitrogens with zero attached hydrogens (tertiary/aromatic N) is 1. The number of hydrogen-bond donors (Lipinski definition) is 5. The third-order valence-corrected chi connectivity index (χ3v) is 17.7. The SMILES string of the molecule is CO[C@H](c1ccc(S(C)(=O)=O)cc1)[C@@H](CF)NC(=O)CCN(C)[C@@H]1C[C@H](O[C@@H]2[C@@H](C)[C@H](O[C@H]3C[C@@](C)(OC)[C@@H](O)[C@H](C)O3)[C@@H](C)C(=O)O[C@H](I)[C@@](C)(O)[C@H](O)[C@@H](C)C(=N)[C@H](C)C[C@@]2(C)OC)O[C@H](C)C1. The van der Waals surface area contributed by atoms with Crippen LogP contribution in [0.25, 0.3) is 0 Å². The zero-order valence-corrected chi connectivity index (χ0v) is 46.3. The number of nitrogens with one attached hydrogen (secondary N) is 2. The molecule has 0 aromatic heterocycles. The van der Waals surface area contributed by atoms with E-state index >= 15 is 0 Å². The average molecular weight is 1130 g/mol. The molecule has 4 rings (SSSR count). The van der Waals surface area contributed by atoms with Crippen LogP contribution in [0.1, 0.15) is 106 Å². The molecular formula is C49H81FIN3O15S. The average Bonchev–Trinajstić information content (AvgIpc) is 3.31. The summed E-state index contributed by atoms with van der Waals surface area (Å²) in [7, 11) is 2.87. The molecule has 0 unspecified atom stereocenters. The van der Waals surface area contributed by atoms with Gasteiger partial charge in [-0.25, -0.2) is 12.8 Å². The van der Waals surface area contributed by atoms with Gasteiger partial charge < -0.3 is 68.8 Å². The zero-order chi connectivity index (χ0) is 52.8. The highest BCUT2D eigenvalue weighted by Crippen LogP contribution is 2.42. The first-order valence-electron chi connectivity index (χ1n) is 24.1. The highest BCUT2D eigenvalue weighted by Gasteiger charge is 2.53. The van der Waals surface area contributed by atoms with Crippen LogP contribution >= 0.6 is 22.6 Å². The Morgan fingerprint density at radius 3 is 2.11 bits per heavy atom. The molecule has 3 saturated heterocycles. The van der Waals surface area contributed by atoms with Crippen molar-refractivity contribution < 1.29 is 75.6 Å². The van der Waals surface area contributed by atoms with Gasteiger partial charge in [0.2, 0.25) is 5.91 Å². The molecular weight excluding hydrogens is 1050 g/mol. The summed E-state index contributed by atoms with van der Waals surface area (Å²) in [6.45, 7) is 15.0. The minimum absolute atomic E-state index is 0.0214. The van der Waals surface area contributed by atoms with Crippen LogP contribution in [0.15, 0.2) is 29.2 Å². The highest BCUT2D eigenvalue weighted by atomic mass is 127. The first kappa shape index (κ1) is 60.6. The van der Waals surface area contributed by atoms with Crippen LogP contribution in [-0.2, 0) is 57.3 Å². The zero-order valence-electron chi connectivity index (χ0n) is 43.3. The van der Waals surface area contributed by atoms with Crippen molar-refractivity contribution in [1.29, 1.82) is 5.41 Å². The van der Waals surface area contributed by atoms with Gasteiger partial charge in [0.25, 0.3) is 0 Å². The smallest absolute Gasteiger partial charge is 0.312 e. The van der Waals surface area contributed by atoms with E-state index in [2.05, 4.69) is 5.32 Å². The Labute approximate surface area is 428 Å². The van der Waals surface area contributed by atoms with Gasteiger partial charge in [-0.15, -0.1) is 0 Å². The maximum absolute atomic E-state index is 14.5. The van der Waals surface area contributed by atoms with E-state index in [1.165, 1.54) is 33.3 Å². The Morgan fingerprint density at radius 2 is 1.56 bits per heavy atom. The number of alkyl halides is 2. The molecule has 1 aromatic carbocycles. The number of ether oxygens (including phenoxy) is 8. The Morgan fingerprint density at radius 1 is 0.943 bits per heavy atom.